The lowest BCUT2D eigenvalue weighted by Crippen LogP contribution is -2.21. The zero-order chi connectivity index (χ0) is 12.7. The molecule has 0 radical (unpaired) electrons. The molecule has 1 aromatic heterocycles. The van der Waals surface area contributed by atoms with Crippen LogP contribution in [0.1, 0.15) is 25.6 Å². The van der Waals surface area contributed by atoms with E-state index in [1.165, 1.54) is 5.69 Å². The molecule has 0 saturated carbocycles. The van der Waals surface area contributed by atoms with Gasteiger partial charge in [-0.3, -0.25) is 4.98 Å². The van der Waals surface area contributed by atoms with E-state index in [2.05, 4.69) is 54.5 Å². The highest BCUT2D eigenvalue weighted by Gasteiger charge is 2.06. The molecule has 1 atom stereocenters. The minimum absolute atomic E-state index is 0.325. The van der Waals surface area contributed by atoms with Gasteiger partial charge in [0.05, 0.1) is 17.6 Å². The van der Waals surface area contributed by atoms with Gasteiger partial charge in [-0.15, -0.1) is 0 Å². The number of hydrogen-bond acceptors (Lipinski definition) is 4. The lowest BCUT2D eigenvalue weighted by Gasteiger charge is -2.19. The molecule has 3 nitrogen and oxygen atoms in total. The Balaban J connectivity index is 2.60. The van der Waals surface area contributed by atoms with Gasteiger partial charge in [0.2, 0.25) is 0 Å². The fraction of sp³-hybridized carbons (Fsp3) is 0.615. The first-order chi connectivity index (χ1) is 8.19. The second kappa shape index (κ2) is 7.56. The summed E-state index contributed by atoms with van der Waals surface area (Å²) in [7, 11) is 2.11. The third-order valence-corrected chi connectivity index (χ3v) is 3.39. The van der Waals surface area contributed by atoms with Crippen LogP contribution in [-0.4, -0.2) is 37.1 Å². The molecule has 1 unspecified atom stereocenters. The summed E-state index contributed by atoms with van der Waals surface area (Å²) in [6, 6.07) is 4.58. The van der Waals surface area contributed by atoms with Crippen molar-refractivity contribution in [2.75, 3.05) is 37.0 Å². The standard InChI is InChI=1S/C13H23N3S/c1-5-14-11(2)13-7-6-12(10-15-13)16(3)8-9-17-4/h6-7,10-11,14H,5,8-9H2,1-4H3. The average Bonchev–Trinajstić information content (AvgIpc) is 2.36. The molecule has 1 N–H and O–H groups in total. The minimum atomic E-state index is 0.325. The van der Waals surface area contributed by atoms with Gasteiger partial charge in [0.1, 0.15) is 0 Å². The number of nitrogens with zero attached hydrogens (tertiary/aromatic N) is 2. The fourth-order valence-corrected chi connectivity index (χ4v) is 2.10. The Labute approximate surface area is 109 Å². The molecule has 0 fully saturated rings. The molecular weight excluding hydrogens is 230 g/mol. The van der Waals surface area contributed by atoms with Crippen LogP contribution in [0.15, 0.2) is 18.3 Å². The van der Waals surface area contributed by atoms with Gasteiger partial charge in [0.15, 0.2) is 0 Å². The predicted octanol–water partition coefficient (Wildman–Crippen LogP) is 2.55. The molecule has 1 heterocycles. The Kier molecular flexibility index (Phi) is 6.37. The zero-order valence-electron chi connectivity index (χ0n) is 11.2. The Morgan fingerprint density at radius 3 is 2.76 bits per heavy atom. The first-order valence-corrected chi connectivity index (χ1v) is 7.47. The van der Waals surface area contributed by atoms with Gasteiger partial charge in [-0.05, 0) is 31.9 Å². The number of nitrogens with one attached hydrogen (secondary N) is 1. The topological polar surface area (TPSA) is 28.2 Å². The summed E-state index contributed by atoms with van der Waals surface area (Å²) < 4.78 is 0. The number of rotatable bonds is 7. The van der Waals surface area contributed by atoms with Gasteiger partial charge in [-0.1, -0.05) is 6.92 Å². The van der Waals surface area contributed by atoms with Crippen molar-refractivity contribution in [1.82, 2.24) is 10.3 Å². The van der Waals surface area contributed by atoms with Crippen molar-refractivity contribution in [3.8, 4) is 0 Å². The number of anilines is 1. The molecule has 4 heteroatoms. The van der Waals surface area contributed by atoms with Crippen molar-refractivity contribution in [2.45, 2.75) is 19.9 Å². The Hall–Kier alpha value is -0.740. The van der Waals surface area contributed by atoms with Crippen LogP contribution in [0.2, 0.25) is 0 Å². The summed E-state index contributed by atoms with van der Waals surface area (Å²) in [4.78, 5) is 6.76. The minimum Gasteiger partial charge on any atom is -0.373 e. The maximum Gasteiger partial charge on any atom is 0.0572 e. The molecule has 96 valence electrons. The fourth-order valence-electron chi connectivity index (χ4n) is 1.65. The molecule has 1 rings (SSSR count). The van der Waals surface area contributed by atoms with E-state index in [4.69, 9.17) is 0 Å². The summed E-state index contributed by atoms with van der Waals surface area (Å²) in [6.07, 6.45) is 4.09. The maximum atomic E-state index is 4.52. The van der Waals surface area contributed by atoms with Crippen LogP contribution >= 0.6 is 11.8 Å². The Morgan fingerprint density at radius 2 is 2.24 bits per heavy atom. The third-order valence-electron chi connectivity index (χ3n) is 2.80. The highest BCUT2D eigenvalue weighted by atomic mass is 32.2. The summed E-state index contributed by atoms with van der Waals surface area (Å²) >= 11 is 1.87. The molecular formula is C13H23N3S. The van der Waals surface area contributed by atoms with Gasteiger partial charge in [0, 0.05) is 25.4 Å². The summed E-state index contributed by atoms with van der Waals surface area (Å²) in [5.41, 5.74) is 2.29. The molecule has 1 aromatic rings. The number of pyridine rings is 1. The van der Waals surface area contributed by atoms with Crippen LogP contribution in [-0.2, 0) is 0 Å². The van der Waals surface area contributed by atoms with E-state index in [0.717, 1.165) is 24.5 Å². The molecule has 0 spiro atoms. The summed E-state index contributed by atoms with van der Waals surface area (Å²) in [5.74, 6) is 1.14. The monoisotopic (exact) mass is 253 g/mol. The zero-order valence-corrected chi connectivity index (χ0v) is 12.0. The van der Waals surface area contributed by atoms with Crippen molar-refractivity contribution >= 4 is 17.4 Å². The maximum absolute atomic E-state index is 4.52. The van der Waals surface area contributed by atoms with E-state index in [0.29, 0.717) is 6.04 Å². The Morgan fingerprint density at radius 1 is 1.47 bits per heavy atom. The van der Waals surface area contributed by atoms with Gasteiger partial charge in [-0.25, -0.2) is 0 Å². The van der Waals surface area contributed by atoms with E-state index >= 15 is 0 Å². The van der Waals surface area contributed by atoms with Gasteiger partial charge < -0.3 is 10.2 Å². The van der Waals surface area contributed by atoms with Crippen molar-refractivity contribution < 1.29 is 0 Å². The van der Waals surface area contributed by atoms with Crippen molar-refractivity contribution in [2.24, 2.45) is 0 Å². The Bertz CT molecular complexity index is 313. The van der Waals surface area contributed by atoms with Crippen LogP contribution in [0, 0.1) is 0 Å². The quantitative estimate of drug-likeness (QED) is 0.808. The van der Waals surface area contributed by atoms with Crippen molar-refractivity contribution in [3.63, 3.8) is 0 Å². The second-order valence-corrected chi connectivity index (χ2v) is 5.12. The normalized spacial score (nSPS) is 12.5. The van der Waals surface area contributed by atoms with E-state index in [9.17, 15) is 0 Å². The van der Waals surface area contributed by atoms with Crippen LogP contribution in [0.25, 0.3) is 0 Å². The lowest BCUT2D eigenvalue weighted by atomic mass is 10.2. The number of hydrogen-bond donors (Lipinski definition) is 1. The van der Waals surface area contributed by atoms with Gasteiger partial charge >= 0.3 is 0 Å². The average molecular weight is 253 g/mol. The lowest BCUT2D eigenvalue weighted by molar-refractivity contribution is 0.583. The highest BCUT2D eigenvalue weighted by molar-refractivity contribution is 7.98. The third kappa shape index (κ3) is 4.56. The molecule has 0 bridgehead atoms. The SMILES string of the molecule is CCNC(C)c1ccc(N(C)CCSC)cn1. The smallest absolute Gasteiger partial charge is 0.0572 e. The molecule has 0 amide bonds. The number of thioether (sulfide) groups is 1. The van der Waals surface area contributed by atoms with Crippen LogP contribution < -0.4 is 10.2 Å². The summed E-state index contributed by atoms with van der Waals surface area (Å²) in [6.45, 7) is 6.28. The van der Waals surface area contributed by atoms with E-state index in [-0.39, 0.29) is 0 Å². The second-order valence-electron chi connectivity index (χ2n) is 4.13. The number of aromatic nitrogens is 1. The molecule has 0 aliphatic carbocycles. The first-order valence-electron chi connectivity index (χ1n) is 6.08. The molecule has 0 saturated heterocycles. The predicted molar refractivity (Wildman–Crippen MR) is 78.0 cm³/mol. The largest absolute Gasteiger partial charge is 0.373 e. The van der Waals surface area contributed by atoms with Gasteiger partial charge in [-0.2, -0.15) is 11.8 Å². The van der Waals surface area contributed by atoms with Crippen molar-refractivity contribution in [3.05, 3.63) is 24.0 Å². The van der Waals surface area contributed by atoms with E-state index in [1.807, 2.05) is 18.0 Å². The van der Waals surface area contributed by atoms with Crippen LogP contribution in [0.3, 0.4) is 0 Å². The summed E-state index contributed by atoms with van der Waals surface area (Å²) in [5, 5.41) is 3.37. The molecule has 0 aliphatic rings. The van der Waals surface area contributed by atoms with Gasteiger partial charge in [0.25, 0.3) is 0 Å². The molecule has 17 heavy (non-hydrogen) atoms. The van der Waals surface area contributed by atoms with Crippen molar-refractivity contribution in [1.29, 1.82) is 0 Å². The van der Waals surface area contributed by atoms with Crippen LogP contribution in [0.4, 0.5) is 5.69 Å². The van der Waals surface area contributed by atoms with Crippen LogP contribution in [0.5, 0.6) is 0 Å². The van der Waals surface area contributed by atoms with E-state index in [1.54, 1.807) is 0 Å². The molecule has 0 aromatic carbocycles. The van der Waals surface area contributed by atoms with E-state index < -0.39 is 0 Å². The highest BCUT2D eigenvalue weighted by Crippen LogP contribution is 2.15. The molecule has 0 aliphatic heterocycles. The first kappa shape index (κ1) is 14.3.